The molecule has 19 heavy (non-hydrogen) atoms. The largest absolute Gasteiger partial charge is 0.368 e. The van der Waals surface area contributed by atoms with Gasteiger partial charge in [-0.15, -0.1) is 0 Å². The molecule has 0 aromatic carbocycles. The van der Waals surface area contributed by atoms with Crippen molar-refractivity contribution in [2.75, 3.05) is 13.2 Å². The maximum absolute atomic E-state index is 12.2. The monoisotopic (exact) mass is 268 g/mol. The minimum atomic E-state index is 0.136. The predicted octanol–water partition coefficient (Wildman–Crippen LogP) is 1.92. The Morgan fingerprint density at radius 1 is 1.26 bits per heavy atom. The molecule has 4 heteroatoms. The number of nitrogens with two attached hydrogens (primary N) is 1. The SMILES string of the molecule is CC1CCCCC1OCC(=O)N1CCC(N)CC1C. The normalized spacial score (nSPS) is 36.3. The van der Waals surface area contributed by atoms with Crippen LogP contribution in [0.5, 0.6) is 0 Å². The van der Waals surface area contributed by atoms with Gasteiger partial charge in [0.25, 0.3) is 0 Å². The molecular weight excluding hydrogens is 240 g/mol. The summed E-state index contributed by atoms with van der Waals surface area (Å²) in [6.07, 6.45) is 6.97. The van der Waals surface area contributed by atoms with Crippen LogP contribution in [0.25, 0.3) is 0 Å². The third kappa shape index (κ3) is 3.93. The van der Waals surface area contributed by atoms with Crippen LogP contribution in [-0.4, -0.2) is 42.1 Å². The van der Waals surface area contributed by atoms with Crippen molar-refractivity contribution >= 4 is 5.91 Å². The van der Waals surface area contributed by atoms with Gasteiger partial charge in [0.2, 0.25) is 5.91 Å². The van der Waals surface area contributed by atoms with Crippen LogP contribution in [0.15, 0.2) is 0 Å². The lowest BCUT2D eigenvalue weighted by Crippen LogP contribution is -2.49. The first-order chi connectivity index (χ1) is 9.08. The molecule has 1 aliphatic carbocycles. The number of amides is 1. The van der Waals surface area contributed by atoms with Crippen molar-refractivity contribution in [1.29, 1.82) is 0 Å². The number of piperidine rings is 1. The molecule has 4 atom stereocenters. The molecule has 1 heterocycles. The zero-order valence-corrected chi connectivity index (χ0v) is 12.3. The highest BCUT2D eigenvalue weighted by atomic mass is 16.5. The van der Waals surface area contributed by atoms with E-state index < -0.39 is 0 Å². The van der Waals surface area contributed by atoms with E-state index in [-0.39, 0.29) is 30.7 Å². The summed E-state index contributed by atoms with van der Waals surface area (Å²) in [6.45, 7) is 5.34. The lowest BCUT2D eigenvalue weighted by atomic mass is 9.88. The molecule has 1 aliphatic heterocycles. The Bertz CT molecular complexity index is 309. The van der Waals surface area contributed by atoms with Crippen LogP contribution in [-0.2, 0) is 9.53 Å². The van der Waals surface area contributed by atoms with Gasteiger partial charge in [-0.3, -0.25) is 4.79 Å². The van der Waals surface area contributed by atoms with Gasteiger partial charge >= 0.3 is 0 Å². The van der Waals surface area contributed by atoms with Gasteiger partial charge in [0.05, 0.1) is 6.10 Å². The molecule has 110 valence electrons. The number of rotatable bonds is 3. The second kappa shape index (κ2) is 6.71. The Morgan fingerprint density at radius 3 is 2.68 bits per heavy atom. The average Bonchev–Trinajstić information content (AvgIpc) is 2.37. The number of hydrogen-bond donors (Lipinski definition) is 1. The van der Waals surface area contributed by atoms with E-state index in [0.29, 0.717) is 5.92 Å². The molecule has 0 spiro atoms. The molecule has 4 unspecified atom stereocenters. The van der Waals surface area contributed by atoms with E-state index in [9.17, 15) is 4.79 Å². The summed E-state index contributed by atoms with van der Waals surface area (Å²) in [5, 5.41) is 0. The molecule has 1 amide bonds. The van der Waals surface area contributed by atoms with Gasteiger partial charge in [-0.25, -0.2) is 0 Å². The molecule has 4 nitrogen and oxygen atoms in total. The van der Waals surface area contributed by atoms with Crippen LogP contribution < -0.4 is 5.73 Å². The summed E-state index contributed by atoms with van der Waals surface area (Å²) in [5.74, 6) is 0.728. The van der Waals surface area contributed by atoms with Gasteiger partial charge in [-0.2, -0.15) is 0 Å². The fraction of sp³-hybridized carbons (Fsp3) is 0.933. The van der Waals surface area contributed by atoms with Crippen molar-refractivity contribution in [2.24, 2.45) is 11.7 Å². The smallest absolute Gasteiger partial charge is 0.248 e. The van der Waals surface area contributed by atoms with Crippen LogP contribution in [0.1, 0.15) is 52.4 Å². The third-order valence-corrected chi connectivity index (χ3v) is 4.69. The Morgan fingerprint density at radius 2 is 2.00 bits per heavy atom. The van der Waals surface area contributed by atoms with Crippen LogP contribution in [0.3, 0.4) is 0 Å². The van der Waals surface area contributed by atoms with E-state index >= 15 is 0 Å². The summed E-state index contributed by atoms with van der Waals surface area (Å²) in [5.41, 5.74) is 5.93. The Balaban J connectivity index is 1.77. The first kappa shape index (κ1) is 14.8. The second-order valence-corrected chi connectivity index (χ2v) is 6.33. The zero-order valence-electron chi connectivity index (χ0n) is 12.3. The van der Waals surface area contributed by atoms with Crippen molar-refractivity contribution in [1.82, 2.24) is 4.90 Å². The molecule has 2 N–H and O–H groups in total. The van der Waals surface area contributed by atoms with E-state index in [0.717, 1.165) is 25.8 Å². The highest BCUT2D eigenvalue weighted by Gasteiger charge is 2.28. The first-order valence-electron chi connectivity index (χ1n) is 7.74. The maximum atomic E-state index is 12.2. The minimum absolute atomic E-state index is 0.136. The molecule has 2 aliphatic rings. The fourth-order valence-corrected chi connectivity index (χ4v) is 3.37. The number of hydrogen-bond acceptors (Lipinski definition) is 3. The van der Waals surface area contributed by atoms with Crippen LogP contribution in [0.2, 0.25) is 0 Å². The van der Waals surface area contributed by atoms with Crippen LogP contribution in [0, 0.1) is 5.92 Å². The third-order valence-electron chi connectivity index (χ3n) is 4.69. The van der Waals surface area contributed by atoms with Gasteiger partial charge in [0.15, 0.2) is 0 Å². The van der Waals surface area contributed by atoms with E-state index in [2.05, 4.69) is 13.8 Å². The number of carbonyl (C=O) groups is 1. The predicted molar refractivity (Wildman–Crippen MR) is 75.8 cm³/mol. The number of ether oxygens (including phenoxy) is 1. The van der Waals surface area contributed by atoms with Crippen molar-refractivity contribution < 1.29 is 9.53 Å². The molecular formula is C15H28N2O2. The molecule has 2 rings (SSSR count). The number of carbonyl (C=O) groups excluding carboxylic acids is 1. The van der Waals surface area contributed by atoms with E-state index in [4.69, 9.17) is 10.5 Å². The maximum Gasteiger partial charge on any atom is 0.248 e. The first-order valence-corrected chi connectivity index (χ1v) is 7.74. The molecule has 0 aromatic heterocycles. The summed E-state index contributed by atoms with van der Waals surface area (Å²) in [4.78, 5) is 14.2. The standard InChI is InChI=1S/C15H28N2O2/c1-11-5-3-4-6-14(11)19-10-15(18)17-8-7-13(16)9-12(17)2/h11-14H,3-10,16H2,1-2H3. The van der Waals surface area contributed by atoms with Gasteiger partial charge in [-0.1, -0.05) is 19.8 Å². The Labute approximate surface area is 116 Å². The highest BCUT2D eigenvalue weighted by Crippen LogP contribution is 2.26. The lowest BCUT2D eigenvalue weighted by Gasteiger charge is -2.37. The van der Waals surface area contributed by atoms with Gasteiger partial charge in [0.1, 0.15) is 6.61 Å². The average molecular weight is 268 g/mol. The molecule has 0 radical (unpaired) electrons. The quantitative estimate of drug-likeness (QED) is 0.851. The summed E-state index contributed by atoms with van der Waals surface area (Å²) in [7, 11) is 0. The van der Waals surface area contributed by atoms with Crippen LogP contribution in [0.4, 0.5) is 0 Å². The van der Waals surface area contributed by atoms with Crippen molar-refractivity contribution in [3.8, 4) is 0 Å². The van der Waals surface area contributed by atoms with Crippen molar-refractivity contribution in [2.45, 2.75) is 70.6 Å². The second-order valence-electron chi connectivity index (χ2n) is 6.33. The summed E-state index contributed by atoms with van der Waals surface area (Å²) >= 11 is 0. The topological polar surface area (TPSA) is 55.6 Å². The fourth-order valence-electron chi connectivity index (χ4n) is 3.37. The number of nitrogens with zero attached hydrogens (tertiary/aromatic N) is 1. The molecule has 2 fully saturated rings. The van der Waals surface area contributed by atoms with Crippen LogP contribution >= 0.6 is 0 Å². The molecule has 0 bridgehead atoms. The zero-order chi connectivity index (χ0) is 13.8. The van der Waals surface area contributed by atoms with Crippen molar-refractivity contribution in [3.05, 3.63) is 0 Å². The summed E-state index contributed by atoms with van der Waals surface area (Å²) < 4.78 is 5.86. The van der Waals surface area contributed by atoms with E-state index in [1.807, 2.05) is 4.90 Å². The van der Waals surface area contributed by atoms with Gasteiger partial charge in [-0.05, 0) is 38.5 Å². The van der Waals surface area contributed by atoms with Gasteiger partial charge < -0.3 is 15.4 Å². The lowest BCUT2D eigenvalue weighted by molar-refractivity contribution is -0.143. The molecule has 1 saturated heterocycles. The highest BCUT2D eigenvalue weighted by molar-refractivity contribution is 5.77. The summed E-state index contributed by atoms with van der Waals surface area (Å²) in [6, 6.07) is 0.502. The van der Waals surface area contributed by atoms with Gasteiger partial charge in [0, 0.05) is 18.6 Å². The molecule has 1 saturated carbocycles. The van der Waals surface area contributed by atoms with E-state index in [1.54, 1.807) is 0 Å². The minimum Gasteiger partial charge on any atom is -0.368 e. The van der Waals surface area contributed by atoms with E-state index in [1.165, 1.54) is 19.3 Å². The number of likely N-dealkylation sites (tertiary alicyclic amines) is 1. The molecule has 0 aromatic rings. The Hall–Kier alpha value is -0.610. The van der Waals surface area contributed by atoms with Crippen molar-refractivity contribution in [3.63, 3.8) is 0 Å². The Kier molecular flexibility index (Phi) is 5.22.